The molecule has 1 atom stereocenters. The third kappa shape index (κ3) is 7.80. The molecule has 1 unspecified atom stereocenters. The fraction of sp³-hybridized carbons (Fsp3) is 1.00. The first-order valence-corrected chi connectivity index (χ1v) is 3.17. The predicted molar refractivity (Wildman–Crippen MR) is 35.0 cm³/mol. The third-order valence-electron chi connectivity index (χ3n) is 1.42. The van der Waals surface area contributed by atoms with Gasteiger partial charge >= 0.3 is 58.4 Å². The van der Waals surface area contributed by atoms with Crippen molar-refractivity contribution in [3.63, 3.8) is 0 Å². The van der Waals surface area contributed by atoms with Crippen molar-refractivity contribution in [2.45, 2.75) is 19.2 Å². The maximum atomic E-state index is 11.8. The summed E-state index contributed by atoms with van der Waals surface area (Å²) in [5, 5.41) is 0. The minimum absolute atomic E-state index is 0. The summed E-state index contributed by atoms with van der Waals surface area (Å²) in [7, 11) is 1.40. The second-order valence-corrected chi connectivity index (χ2v) is 2.38. The van der Waals surface area contributed by atoms with E-state index in [9.17, 15) is 12.9 Å². The summed E-state index contributed by atoms with van der Waals surface area (Å²) in [5.41, 5.74) is 0. The van der Waals surface area contributed by atoms with Crippen molar-refractivity contribution in [3.8, 4) is 0 Å². The van der Waals surface area contributed by atoms with E-state index in [1.807, 2.05) is 0 Å². The van der Waals surface area contributed by atoms with Crippen molar-refractivity contribution in [3.05, 3.63) is 0 Å². The van der Waals surface area contributed by atoms with Gasteiger partial charge in [0, 0.05) is 13.7 Å². The first-order valence-electron chi connectivity index (χ1n) is 3.17. The number of rotatable bonds is 4. The molecule has 0 spiro atoms. The average molecular weight is 194 g/mol. The van der Waals surface area contributed by atoms with Crippen molar-refractivity contribution in [2.24, 2.45) is 0 Å². The van der Waals surface area contributed by atoms with Gasteiger partial charge in [-0.15, -0.1) is 0 Å². The van der Waals surface area contributed by atoms with E-state index in [1.165, 1.54) is 14.0 Å². The quantitative estimate of drug-likeness (QED) is 0.536. The fourth-order valence-electron chi connectivity index (χ4n) is 0.493. The Bertz CT molecular complexity index is 98.2. The normalized spacial score (nSPS) is 13.9. The molecule has 0 aromatic carbocycles. The Morgan fingerprint density at radius 3 is 2.09 bits per heavy atom. The first kappa shape index (κ1) is 14.9. The molecule has 0 saturated carbocycles. The maximum absolute atomic E-state index is 11.8. The van der Waals surface area contributed by atoms with Gasteiger partial charge in [0.15, 0.2) is 0 Å². The van der Waals surface area contributed by atoms with E-state index in [0.717, 1.165) is 0 Å². The summed E-state index contributed by atoms with van der Waals surface area (Å²) in [6, 6.07) is 0. The van der Waals surface area contributed by atoms with Crippen molar-refractivity contribution in [1.82, 2.24) is 0 Å². The van der Waals surface area contributed by atoms with Crippen LogP contribution < -0.4 is 51.4 Å². The molecule has 0 aromatic heterocycles. The van der Waals surface area contributed by atoms with Crippen LogP contribution in [0.1, 0.15) is 13.3 Å². The third-order valence-corrected chi connectivity index (χ3v) is 1.42. The smallest absolute Gasteiger partial charge is 0.449 e. The number of methoxy groups -OCH3 is 1. The Balaban J connectivity index is 0. The van der Waals surface area contributed by atoms with Crippen LogP contribution in [0.5, 0.6) is 0 Å². The van der Waals surface area contributed by atoms with Crippen LogP contribution >= 0.6 is 0 Å². The fourth-order valence-corrected chi connectivity index (χ4v) is 0.493. The van der Waals surface area contributed by atoms with Crippen LogP contribution in [0.25, 0.3) is 0 Å². The van der Waals surface area contributed by atoms with Crippen LogP contribution in [0.4, 0.5) is 12.9 Å². The largest absolute Gasteiger partial charge is 1.00 e. The maximum Gasteiger partial charge on any atom is 1.00 e. The minimum atomic E-state index is -4.66. The Labute approximate surface area is 108 Å². The second-order valence-electron chi connectivity index (χ2n) is 2.38. The van der Waals surface area contributed by atoms with Gasteiger partial charge in [-0.25, -0.2) is 0 Å². The Kier molecular flexibility index (Phi) is 9.39. The first-order chi connectivity index (χ1) is 4.48. The Morgan fingerprint density at radius 1 is 1.36 bits per heavy atom. The van der Waals surface area contributed by atoms with Crippen LogP contribution in [0.3, 0.4) is 0 Å². The van der Waals surface area contributed by atoms with Gasteiger partial charge in [-0.1, -0.05) is 19.2 Å². The summed E-state index contributed by atoms with van der Waals surface area (Å²) < 4.78 is 39.9. The molecule has 0 aromatic rings. The van der Waals surface area contributed by atoms with Gasteiger partial charge in [-0.05, 0) is 0 Å². The number of halogens is 3. The molecule has 0 rings (SSSR count). The van der Waals surface area contributed by atoms with Crippen molar-refractivity contribution < 1.29 is 69.1 Å². The van der Waals surface area contributed by atoms with Gasteiger partial charge in [0.1, 0.15) is 0 Å². The molecule has 11 heavy (non-hydrogen) atoms. The van der Waals surface area contributed by atoms with E-state index < -0.39 is 12.8 Å². The molecular formula is C5H11BF3KO. The number of hydrogen-bond donors (Lipinski definition) is 0. The molecule has 0 aliphatic heterocycles. The number of hydrogen-bond acceptors (Lipinski definition) is 1. The zero-order valence-electron chi connectivity index (χ0n) is 7.11. The molecular weight excluding hydrogens is 183 g/mol. The van der Waals surface area contributed by atoms with Crippen LogP contribution in [-0.2, 0) is 4.74 Å². The van der Waals surface area contributed by atoms with Crippen LogP contribution in [0.2, 0.25) is 5.82 Å². The van der Waals surface area contributed by atoms with Gasteiger partial charge in [-0.3, -0.25) is 0 Å². The minimum Gasteiger partial charge on any atom is -0.449 e. The van der Waals surface area contributed by atoms with E-state index >= 15 is 0 Å². The number of ether oxygens (including phenoxy) is 1. The summed E-state index contributed by atoms with van der Waals surface area (Å²) in [6.07, 6.45) is 0.0694. The van der Waals surface area contributed by atoms with Crippen molar-refractivity contribution in [1.29, 1.82) is 0 Å². The van der Waals surface area contributed by atoms with Crippen LogP contribution in [0.15, 0.2) is 0 Å². The van der Waals surface area contributed by atoms with E-state index in [1.54, 1.807) is 0 Å². The van der Waals surface area contributed by atoms with Gasteiger partial charge in [-0.2, -0.15) is 0 Å². The van der Waals surface area contributed by atoms with Crippen LogP contribution in [0, 0.1) is 0 Å². The molecule has 6 heteroatoms. The monoisotopic (exact) mass is 194 g/mol. The predicted octanol–water partition coefficient (Wildman–Crippen LogP) is -0.736. The second kappa shape index (κ2) is 6.91. The van der Waals surface area contributed by atoms with E-state index in [2.05, 4.69) is 4.74 Å². The van der Waals surface area contributed by atoms with Gasteiger partial charge < -0.3 is 17.7 Å². The molecule has 0 fully saturated rings. The molecule has 0 aliphatic carbocycles. The van der Waals surface area contributed by atoms with Gasteiger partial charge in [0.05, 0.1) is 0 Å². The SMILES string of the molecule is COCCC(C)[B-](F)(F)F.[K+]. The van der Waals surface area contributed by atoms with E-state index in [0.29, 0.717) is 0 Å². The van der Waals surface area contributed by atoms with E-state index in [-0.39, 0.29) is 64.4 Å². The Morgan fingerprint density at radius 2 is 1.82 bits per heavy atom. The summed E-state index contributed by atoms with van der Waals surface area (Å²) in [6.45, 7) is -3.30. The molecule has 0 radical (unpaired) electrons. The zero-order valence-corrected chi connectivity index (χ0v) is 10.2. The van der Waals surface area contributed by atoms with Gasteiger partial charge in [0.25, 0.3) is 0 Å². The molecule has 0 aliphatic rings. The molecule has 0 saturated heterocycles. The van der Waals surface area contributed by atoms with Crippen LogP contribution in [-0.4, -0.2) is 20.7 Å². The van der Waals surface area contributed by atoms with Crippen molar-refractivity contribution >= 4 is 6.98 Å². The topological polar surface area (TPSA) is 9.23 Å². The molecule has 0 heterocycles. The zero-order chi connectivity index (χ0) is 8.20. The molecule has 62 valence electrons. The molecule has 0 amide bonds. The standard InChI is InChI=1S/C5H11BF3O.K/c1-5(3-4-10-2)6(7,8)9;/h5H,3-4H2,1-2H3;/q-1;+1. The Hall–Kier alpha value is 1.45. The molecule has 0 N–H and O–H groups in total. The molecule has 0 bridgehead atoms. The van der Waals surface area contributed by atoms with Gasteiger partial charge in [0.2, 0.25) is 0 Å². The summed E-state index contributed by atoms with van der Waals surface area (Å²) in [4.78, 5) is 0. The summed E-state index contributed by atoms with van der Waals surface area (Å²) in [5.74, 6) is -1.19. The summed E-state index contributed by atoms with van der Waals surface area (Å²) >= 11 is 0. The molecule has 1 nitrogen and oxygen atoms in total. The van der Waals surface area contributed by atoms with E-state index in [4.69, 9.17) is 0 Å². The average Bonchev–Trinajstić information content (AvgIpc) is 1.80. The van der Waals surface area contributed by atoms with Crippen molar-refractivity contribution in [2.75, 3.05) is 13.7 Å².